The highest BCUT2D eigenvalue weighted by Crippen LogP contribution is 2.28. The number of carbonyl (C=O) groups is 1. The van der Waals surface area contributed by atoms with Crippen LogP contribution in [-0.2, 0) is 0 Å². The monoisotopic (exact) mass is 261 g/mol. The Morgan fingerprint density at radius 2 is 2.05 bits per heavy atom. The number of hydrogen-bond acceptors (Lipinski definition) is 3. The molecule has 2 saturated heterocycles. The first-order chi connectivity index (χ1) is 9.15. The van der Waals surface area contributed by atoms with Crippen LogP contribution in [0.15, 0.2) is 23.1 Å². The SMILES string of the molecule is CN1C2CCC1CN(C(=O)c1ccc(=O)[nH]c1)CC2. The molecule has 0 radical (unpaired) electrons. The van der Waals surface area contributed by atoms with Gasteiger partial charge in [0.05, 0.1) is 5.56 Å². The number of fused-ring (bicyclic) bond motifs is 2. The molecule has 5 heteroatoms. The van der Waals surface area contributed by atoms with Crippen molar-refractivity contribution < 1.29 is 4.79 Å². The summed E-state index contributed by atoms with van der Waals surface area (Å²) in [6, 6.07) is 4.12. The number of carbonyl (C=O) groups excluding carboxylic acids is 1. The third kappa shape index (κ3) is 2.30. The van der Waals surface area contributed by atoms with Gasteiger partial charge in [0.15, 0.2) is 0 Å². The van der Waals surface area contributed by atoms with E-state index in [2.05, 4.69) is 16.9 Å². The van der Waals surface area contributed by atoms with Crippen LogP contribution >= 0.6 is 0 Å². The Labute approximate surface area is 112 Å². The molecule has 5 nitrogen and oxygen atoms in total. The second-order valence-corrected chi connectivity index (χ2v) is 5.53. The van der Waals surface area contributed by atoms with E-state index in [1.807, 2.05) is 4.90 Å². The Bertz CT molecular complexity index is 519. The normalized spacial score (nSPS) is 27.3. The third-order valence-corrected chi connectivity index (χ3v) is 4.47. The Morgan fingerprint density at radius 1 is 1.26 bits per heavy atom. The minimum absolute atomic E-state index is 0.0252. The molecule has 2 atom stereocenters. The molecule has 3 rings (SSSR count). The first-order valence-corrected chi connectivity index (χ1v) is 6.85. The number of aromatic nitrogens is 1. The van der Waals surface area contributed by atoms with E-state index in [9.17, 15) is 9.59 Å². The van der Waals surface area contributed by atoms with Gasteiger partial charge in [0, 0.05) is 37.4 Å². The van der Waals surface area contributed by atoms with Crippen LogP contribution in [-0.4, -0.2) is 52.9 Å². The van der Waals surface area contributed by atoms with E-state index in [0.717, 1.165) is 19.5 Å². The van der Waals surface area contributed by atoms with Crippen molar-refractivity contribution in [3.05, 3.63) is 34.2 Å². The fourth-order valence-corrected chi connectivity index (χ4v) is 3.22. The molecule has 102 valence electrons. The summed E-state index contributed by atoms with van der Waals surface area (Å²) in [5.74, 6) is 0.0252. The van der Waals surface area contributed by atoms with Crippen LogP contribution in [0.25, 0.3) is 0 Å². The van der Waals surface area contributed by atoms with Gasteiger partial charge in [0.25, 0.3) is 5.91 Å². The van der Waals surface area contributed by atoms with Crippen molar-refractivity contribution in [2.75, 3.05) is 20.1 Å². The molecule has 1 amide bonds. The maximum Gasteiger partial charge on any atom is 0.255 e. The predicted molar refractivity (Wildman–Crippen MR) is 72.2 cm³/mol. The van der Waals surface area contributed by atoms with Gasteiger partial charge in [0.2, 0.25) is 5.56 Å². The summed E-state index contributed by atoms with van der Waals surface area (Å²) in [5.41, 5.74) is 0.395. The van der Waals surface area contributed by atoms with E-state index in [1.54, 1.807) is 6.07 Å². The van der Waals surface area contributed by atoms with E-state index in [-0.39, 0.29) is 11.5 Å². The lowest BCUT2D eigenvalue weighted by Gasteiger charge is -2.25. The molecular weight excluding hydrogens is 242 g/mol. The summed E-state index contributed by atoms with van der Waals surface area (Å²) < 4.78 is 0. The number of nitrogens with one attached hydrogen (secondary N) is 1. The van der Waals surface area contributed by atoms with E-state index < -0.39 is 0 Å². The van der Waals surface area contributed by atoms with Gasteiger partial charge >= 0.3 is 0 Å². The lowest BCUT2D eigenvalue weighted by atomic mass is 10.1. The Kier molecular flexibility index (Phi) is 3.14. The summed E-state index contributed by atoms with van der Waals surface area (Å²) in [5, 5.41) is 0. The van der Waals surface area contributed by atoms with Gasteiger partial charge in [0.1, 0.15) is 0 Å². The average Bonchev–Trinajstić information content (AvgIpc) is 2.63. The summed E-state index contributed by atoms with van der Waals surface area (Å²) in [6.07, 6.45) is 4.98. The number of hydrogen-bond donors (Lipinski definition) is 1. The zero-order valence-electron chi connectivity index (χ0n) is 11.1. The van der Waals surface area contributed by atoms with Gasteiger partial charge in [-0.05, 0) is 32.4 Å². The molecule has 0 spiro atoms. The molecule has 2 aliphatic rings. The second kappa shape index (κ2) is 4.81. The molecular formula is C14H19N3O2. The Balaban J connectivity index is 1.77. The van der Waals surface area contributed by atoms with Crippen LogP contribution in [0.4, 0.5) is 0 Å². The fraction of sp³-hybridized carbons (Fsp3) is 0.571. The van der Waals surface area contributed by atoms with Crippen molar-refractivity contribution in [1.82, 2.24) is 14.8 Å². The van der Waals surface area contributed by atoms with Crippen LogP contribution in [0.3, 0.4) is 0 Å². The summed E-state index contributed by atoms with van der Waals surface area (Å²) in [6.45, 7) is 1.61. The molecule has 0 saturated carbocycles. The van der Waals surface area contributed by atoms with Crippen LogP contribution in [0.1, 0.15) is 29.6 Å². The van der Waals surface area contributed by atoms with Crippen LogP contribution in [0.5, 0.6) is 0 Å². The van der Waals surface area contributed by atoms with Crippen molar-refractivity contribution in [3.8, 4) is 0 Å². The van der Waals surface area contributed by atoms with E-state index in [0.29, 0.717) is 17.6 Å². The zero-order chi connectivity index (χ0) is 13.4. The van der Waals surface area contributed by atoms with Gasteiger partial charge in [-0.3, -0.25) is 14.5 Å². The van der Waals surface area contributed by atoms with E-state index in [1.165, 1.54) is 25.1 Å². The lowest BCUT2D eigenvalue weighted by Crippen LogP contribution is -2.39. The molecule has 1 aromatic heterocycles. The fourth-order valence-electron chi connectivity index (χ4n) is 3.22. The molecule has 1 N–H and O–H groups in total. The largest absolute Gasteiger partial charge is 0.337 e. The zero-order valence-corrected chi connectivity index (χ0v) is 11.1. The number of likely N-dealkylation sites (N-methyl/N-ethyl adjacent to an activating group) is 1. The summed E-state index contributed by atoms with van der Waals surface area (Å²) in [7, 11) is 2.16. The lowest BCUT2D eigenvalue weighted by molar-refractivity contribution is 0.0740. The minimum Gasteiger partial charge on any atom is -0.337 e. The minimum atomic E-state index is -0.175. The first kappa shape index (κ1) is 12.4. The maximum absolute atomic E-state index is 12.4. The average molecular weight is 261 g/mol. The molecule has 2 fully saturated rings. The quantitative estimate of drug-likeness (QED) is 0.809. The highest BCUT2D eigenvalue weighted by Gasteiger charge is 2.36. The van der Waals surface area contributed by atoms with Crippen LogP contribution in [0.2, 0.25) is 0 Å². The highest BCUT2D eigenvalue weighted by atomic mass is 16.2. The number of nitrogens with zero attached hydrogens (tertiary/aromatic N) is 2. The third-order valence-electron chi connectivity index (χ3n) is 4.47. The topological polar surface area (TPSA) is 56.4 Å². The molecule has 3 heterocycles. The number of H-pyrrole nitrogens is 1. The van der Waals surface area contributed by atoms with Crippen LogP contribution in [0, 0.1) is 0 Å². The number of rotatable bonds is 1. The van der Waals surface area contributed by atoms with Gasteiger partial charge in [-0.1, -0.05) is 0 Å². The van der Waals surface area contributed by atoms with Crippen molar-refractivity contribution in [2.45, 2.75) is 31.3 Å². The molecule has 0 aliphatic carbocycles. The predicted octanol–water partition coefficient (Wildman–Crippen LogP) is 0.684. The Hall–Kier alpha value is -1.62. The molecule has 19 heavy (non-hydrogen) atoms. The van der Waals surface area contributed by atoms with Gasteiger partial charge < -0.3 is 9.88 Å². The summed E-state index contributed by atoms with van der Waals surface area (Å²) >= 11 is 0. The van der Waals surface area contributed by atoms with E-state index >= 15 is 0 Å². The smallest absolute Gasteiger partial charge is 0.255 e. The van der Waals surface area contributed by atoms with Gasteiger partial charge in [-0.25, -0.2) is 0 Å². The molecule has 2 aliphatic heterocycles. The van der Waals surface area contributed by atoms with Crippen molar-refractivity contribution in [3.63, 3.8) is 0 Å². The molecule has 1 aromatic rings. The molecule has 2 unspecified atom stereocenters. The number of likely N-dealkylation sites (tertiary alicyclic amines) is 1. The standard InChI is InChI=1S/C14H19N3O2/c1-16-11-3-4-12(16)9-17(7-6-11)14(19)10-2-5-13(18)15-8-10/h2,5,8,11-12H,3-4,6-7,9H2,1H3,(H,15,18). The number of aromatic amines is 1. The van der Waals surface area contributed by atoms with Crippen molar-refractivity contribution in [2.24, 2.45) is 0 Å². The van der Waals surface area contributed by atoms with Crippen molar-refractivity contribution >= 4 is 5.91 Å². The first-order valence-electron chi connectivity index (χ1n) is 6.85. The van der Waals surface area contributed by atoms with Crippen molar-refractivity contribution in [1.29, 1.82) is 0 Å². The molecule has 0 aromatic carbocycles. The molecule has 2 bridgehead atoms. The van der Waals surface area contributed by atoms with Gasteiger partial charge in [-0.15, -0.1) is 0 Å². The second-order valence-electron chi connectivity index (χ2n) is 5.53. The highest BCUT2D eigenvalue weighted by molar-refractivity contribution is 5.93. The summed E-state index contributed by atoms with van der Waals surface area (Å²) in [4.78, 5) is 30.4. The van der Waals surface area contributed by atoms with E-state index in [4.69, 9.17) is 0 Å². The number of amides is 1. The maximum atomic E-state index is 12.4. The Morgan fingerprint density at radius 3 is 2.79 bits per heavy atom. The van der Waals surface area contributed by atoms with Crippen LogP contribution < -0.4 is 5.56 Å². The number of pyridine rings is 1. The van der Waals surface area contributed by atoms with Gasteiger partial charge in [-0.2, -0.15) is 0 Å².